The zero-order valence-electron chi connectivity index (χ0n) is 24.9. The number of hydrogen-bond acceptors (Lipinski definition) is 0. The van der Waals surface area contributed by atoms with Gasteiger partial charge in [0.25, 0.3) is 0 Å². The van der Waals surface area contributed by atoms with Crippen LogP contribution in [0.25, 0.3) is 72.0 Å². The molecule has 0 bridgehead atoms. The van der Waals surface area contributed by atoms with Gasteiger partial charge in [-0.3, -0.25) is 0 Å². The van der Waals surface area contributed by atoms with Crippen molar-refractivity contribution in [1.29, 1.82) is 0 Å². The van der Waals surface area contributed by atoms with E-state index in [9.17, 15) is 0 Å². The minimum Gasteiger partial charge on any atom is -0.309 e. The molecule has 0 saturated carbocycles. The first kappa shape index (κ1) is 29.9. The molecule has 0 spiro atoms. The molecule has 0 amide bonds. The average Bonchev–Trinajstić information content (AvgIpc) is 3.40. The lowest BCUT2D eigenvalue weighted by molar-refractivity contribution is 1.18. The fourth-order valence-corrected chi connectivity index (χ4v) is 7.62. The van der Waals surface area contributed by atoms with Gasteiger partial charge in [-0.05, 0) is 106 Å². The van der Waals surface area contributed by atoms with Crippen LogP contribution in [0.2, 0.25) is 20.1 Å². The van der Waals surface area contributed by atoms with Crippen LogP contribution in [0.15, 0.2) is 152 Å². The standard InChI is InChI=1S/C42H25Cl4N/c43-31-18-29(19-32(44)24-31)27-14-16-41-38(22-27)39-23-28(30-20-33(45)25-34(46)21-30)15-17-42(39)47(41)40-13-7-6-12-37(40)36-11-5-4-10-35(36)26-8-2-1-3-9-26/h1-25H. The van der Waals surface area contributed by atoms with Gasteiger partial charge in [0.15, 0.2) is 0 Å². The number of halogens is 4. The van der Waals surface area contributed by atoms with Gasteiger partial charge in [0.1, 0.15) is 0 Å². The molecule has 0 aliphatic carbocycles. The molecule has 1 aromatic heterocycles. The maximum absolute atomic E-state index is 6.43. The van der Waals surface area contributed by atoms with Crippen molar-refractivity contribution in [3.05, 3.63) is 172 Å². The Morgan fingerprint density at radius 2 is 0.766 bits per heavy atom. The average molecular weight is 685 g/mol. The number of para-hydroxylation sites is 1. The molecule has 47 heavy (non-hydrogen) atoms. The van der Waals surface area contributed by atoms with Crippen LogP contribution in [0.4, 0.5) is 0 Å². The molecule has 0 aliphatic rings. The van der Waals surface area contributed by atoms with E-state index in [1.165, 1.54) is 16.7 Å². The Hall–Kier alpha value is -4.50. The number of aromatic nitrogens is 1. The molecule has 5 heteroatoms. The van der Waals surface area contributed by atoms with Crippen molar-refractivity contribution >= 4 is 68.2 Å². The van der Waals surface area contributed by atoms with E-state index in [4.69, 9.17) is 46.4 Å². The largest absolute Gasteiger partial charge is 0.309 e. The predicted octanol–water partition coefficient (Wildman–Crippen LogP) is 14.1. The third kappa shape index (κ3) is 5.60. The summed E-state index contributed by atoms with van der Waals surface area (Å²) in [7, 11) is 0. The van der Waals surface area contributed by atoms with E-state index in [0.29, 0.717) is 20.1 Å². The fourth-order valence-electron chi connectivity index (χ4n) is 6.57. The number of hydrogen-bond donors (Lipinski definition) is 0. The fraction of sp³-hybridized carbons (Fsp3) is 0. The molecule has 0 saturated heterocycles. The molecule has 0 radical (unpaired) electrons. The molecule has 0 aliphatic heterocycles. The van der Waals surface area contributed by atoms with Gasteiger partial charge in [-0.25, -0.2) is 0 Å². The first-order valence-corrected chi connectivity index (χ1v) is 16.7. The molecule has 1 heterocycles. The third-order valence-corrected chi connectivity index (χ3v) is 9.48. The van der Waals surface area contributed by atoms with Crippen LogP contribution in [0.3, 0.4) is 0 Å². The molecule has 7 aromatic carbocycles. The summed E-state index contributed by atoms with van der Waals surface area (Å²) in [6, 6.07) is 52.2. The Morgan fingerprint density at radius 3 is 1.30 bits per heavy atom. The minimum atomic E-state index is 0.598. The van der Waals surface area contributed by atoms with Gasteiger partial charge >= 0.3 is 0 Å². The maximum Gasteiger partial charge on any atom is 0.0541 e. The predicted molar refractivity (Wildman–Crippen MR) is 203 cm³/mol. The zero-order valence-corrected chi connectivity index (χ0v) is 27.9. The zero-order chi connectivity index (χ0) is 32.1. The summed E-state index contributed by atoms with van der Waals surface area (Å²) in [6.45, 7) is 0. The molecular formula is C42H25Cl4N. The van der Waals surface area contributed by atoms with Crippen LogP contribution in [-0.4, -0.2) is 4.57 Å². The molecular weight excluding hydrogens is 660 g/mol. The van der Waals surface area contributed by atoms with Crippen LogP contribution in [-0.2, 0) is 0 Å². The first-order chi connectivity index (χ1) is 22.9. The third-order valence-electron chi connectivity index (χ3n) is 8.60. The Labute approximate surface area is 293 Å². The summed E-state index contributed by atoms with van der Waals surface area (Å²) >= 11 is 25.7. The minimum absolute atomic E-state index is 0.598. The smallest absolute Gasteiger partial charge is 0.0541 e. The second-order valence-corrected chi connectivity index (χ2v) is 13.3. The summed E-state index contributed by atoms with van der Waals surface area (Å²) < 4.78 is 2.37. The number of rotatable bonds is 5. The second-order valence-electron chi connectivity index (χ2n) is 11.5. The first-order valence-electron chi connectivity index (χ1n) is 15.2. The monoisotopic (exact) mass is 683 g/mol. The highest BCUT2D eigenvalue weighted by atomic mass is 35.5. The lowest BCUT2D eigenvalue weighted by atomic mass is 9.93. The van der Waals surface area contributed by atoms with Crippen molar-refractivity contribution in [3.63, 3.8) is 0 Å². The Balaban J connectivity index is 1.41. The van der Waals surface area contributed by atoms with E-state index in [1.807, 2.05) is 24.3 Å². The Kier molecular flexibility index (Phi) is 7.80. The molecule has 0 fully saturated rings. The van der Waals surface area contributed by atoms with E-state index in [0.717, 1.165) is 55.3 Å². The molecule has 0 N–H and O–H groups in total. The highest BCUT2D eigenvalue weighted by Crippen LogP contribution is 2.42. The van der Waals surface area contributed by atoms with E-state index in [-0.39, 0.29) is 0 Å². The van der Waals surface area contributed by atoms with Crippen LogP contribution >= 0.6 is 46.4 Å². The lowest BCUT2D eigenvalue weighted by Crippen LogP contribution is -1.98. The number of benzene rings is 7. The van der Waals surface area contributed by atoms with E-state index in [1.54, 1.807) is 12.1 Å². The van der Waals surface area contributed by atoms with Gasteiger partial charge < -0.3 is 4.57 Å². The number of fused-ring (bicyclic) bond motifs is 3. The molecule has 1 nitrogen and oxygen atoms in total. The number of nitrogens with zero attached hydrogens (tertiary/aromatic N) is 1. The van der Waals surface area contributed by atoms with Crippen LogP contribution in [0.1, 0.15) is 0 Å². The van der Waals surface area contributed by atoms with Crippen LogP contribution < -0.4 is 0 Å². The Bertz CT molecular complexity index is 2310. The van der Waals surface area contributed by atoms with E-state index < -0.39 is 0 Å². The molecule has 0 unspecified atom stereocenters. The van der Waals surface area contributed by atoms with Crippen molar-refractivity contribution in [2.75, 3.05) is 0 Å². The summed E-state index contributed by atoms with van der Waals surface area (Å²) in [5.41, 5.74) is 11.9. The van der Waals surface area contributed by atoms with Crippen molar-refractivity contribution in [3.8, 4) is 50.2 Å². The highest BCUT2D eigenvalue weighted by molar-refractivity contribution is 6.35. The molecule has 0 atom stereocenters. The SMILES string of the molecule is Clc1cc(Cl)cc(-c2ccc3c(c2)c2cc(-c4cc(Cl)cc(Cl)c4)ccc2n3-c2ccccc2-c2ccccc2-c2ccccc2)c1. The van der Waals surface area contributed by atoms with Gasteiger partial charge in [0, 0.05) is 36.4 Å². The maximum atomic E-state index is 6.43. The summed E-state index contributed by atoms with van der Waals surface area (Å²) in [4.78, 5) is 0. The quantitative estimate of drug-likeness (QED) is 0.170. The van der Waals surface area contributed by atoms with Gasteiger partial charge in [0.05, 0.1) is 16.7 Å². The molecule has 8 rings (SSSR count). The van der Waals surface area contributed by atoms with Crippen LogP contribution in [0.5, 0.6) is 0 Å². The van der Waals surface area contributed by atoms with Crippen molar-refractivity contribution in [1.82, 2.24) is 4.57 Å². The summed E-state index contributed by atoms with van der Waals surface area (Å²) in [5.74, 6) is 0. The van der Waals surface area contributed by atoms with Crippen molar-refractivity contribution in [2.24, 2.45) is 0 Å². The van der Waals surface area contributed by atoms with Crippen LogP contribution in [0, 0.1) is 0 Å². The van der Waals surface area contributed by atoms with Gasteiger partial charge in [-0.2, -0.15) is 0 Å². The lowest BCUT2D eigenvalue weighted by Gasteiger charge is -2.17. The second kappa shape index (κ2) is 12.3. The topological polar surface area (TPSA) is 4.93 Å². The van der Waals surface area contributed by atoms with Gasteiger partial charge in [0.2, 0.25) is 0 Å². The molecule has 8 aromatic rings. The highest BCUT2D eigenvalue weighted by Gasteiger charge is 2.19. The summed E-state index contributed by atoms with van der Waals surface area (Å²) in [5, 5.41) is 4.61. The van der Waals surface area contributed by atoms with Gasteiger partial charge in [-0.15, -0.1) is 0 Å². The summed E-state index contributed by atoms with van der Waals surface area (Å²) in [6.07, 6.45) is 0. The Morgan fingerprint density at radius 1 is 0.319 bits per heavy atom. The van der Waals surface area contributed by atoms with Gasteiger partial charge in [-0.1, -0.05) is 131 Å². The van der Waals surface area contributed by atoms with E-state index >= 15 is 0 Å². The van der Waals surface area contributed by atoms with Crippen molar-refractivity contribution < 1.29 is 0 Å². The van der Waals surface area contributed by atoms with Crippen molar-refractivity contribution in [2.45, 2.75) is 0 Å². The molecule has 226 valence electrons. The van der Waals surface area contributed by atoms with E-state index in [2.05, 4.69) is 120 Å². The normalized spacial score (nSPS) is 11.4.